The molecule has 0 saturated heterocycles. The average molecular weight is 376 g/mol. The van der Waals surface area contributed by atoms with Gasteiger partial charge in [-0.3, -0.25) is 9.59 Å². The van der Waals surface area contributed by atoms with Crippen LogP contribution in [0.1, 0.15) is 74.6 Å². The summed E-state index contributed by atoms with van der Waals surface area (Å²) in [5, 5.41) is 13.0. The quantitative estimate of drug-likeness (QED) is 0.454. The number of ketones is 1. The van der Waals surface area contributed by atoms with Crippen LogP contribution in [-0.2, 0) is 4.79 Å². The molecule has 1 saturated carbocycles. The van der Waals surface area contributed by atoms with Crippen molar-refractivity contribution in [1.29, 1.82) is 0 Å². The zero-order chi connectivity index (χ0) is 19.5. The fraction of sp³-hybridized carbons (Fsp3) is 0.636. The van der Waals surface area contributed by atoms with Crippen molar-refractivity contribution in [3.63, 3.8) is 0 Å². The molecule has 1 unspecified atom stereocenters. The van der Waals surface area contributed by atoms with Crippen molar-refractivity contribution in [3.8, 4) is 5.75 Å². The molecule has 5 heteroatoms. The van der Waals surface area contributed by atoms with Gasteiger partial charge in [0, 0.05) is 24.9 Å². The van der Waals surface area contributed by atoms with E-state index in [0.717, 1.165) is 37.9 Å². The summed E-state index contributed by atoms with van der Waals surface area (Å²) >= 11 is 0. The average Bonchev–Trinajstić information content (AvgIpc) is 2.72. The Kier molecular flexibility index (Phi) is 9.32. The van der Waals surface area contributed by atoms with Crippen LogP contribution in [-0.4, -0.2) is 36.6 Å². The number of hydrogen-bond acceptors (Lipinski definition) is 4. The number of methoxy groups -OCH3 is 1. The van der Waals surface area contributed by atoms with Gasteiger partial charge in [-0.1, -0.05) is 25.7 Å². The molecule has 0 bridgehead atoms. The summed E-state index contributed by atoms with van der Waals surface area (Å²) in [7, 11) is 1.60. The van der Waals surface area contributed by atoms with Gasteiger partial charge < -0.3 is 15.2 Å². The Labute approximate surface area is 162 Å². The van der Waals surface area contributed by atoms with E-state index in [2.05, 4.69) is 5.32 Å². The number of carbonyl (C=O) groups excluding carboxylic acids is 2. The molecular weight excluding hydrogens is 342 g/mol. The molecule has 5 nitrogen and oxygen atoms in total. The Morgan fingerprint density at radius 3 is 2.41 bits per heavy atom. The highest BCUT2D eigenvalue weighted by atomic mass is 16.5. The number of aliphatic hydroxyl groups excluding tert-OH is 1. The number of carbonyl (C=O) groups is 2. The van der Waals surface area contributed by atoms with Gasteiger partial charge >= 0.3 is 0 Å². The van der Waals surface area contributed by atoms with Crippen LogP contribution >= 0.6 is 0 Å². The maximum Gasteiger partial charge on any atom is 0.220 e. The maximum atomic E-state index is 12.1. The van der Waals surface area contributed by atoms with Crippen LogP contribution in [0.3, 0.4) is 0 Å². The molecule has 1 atom stereocenters. The van der Waals surface area contributed by atoms with Crippen LogP contribution in [0.5, 0.6) is 5.75 Å². The zero-order valence-electron chi connectivity index (χ0n) is 16.4. The lowest BCUT2D eigenvalue weighted by Crippen LogP contribution is -2.36. The van der Waals surface area contributed by atoms with E-state index in [4.69, 9.17) is 4.74 Å². The first kappa shape index (κ1) is 21.4. The first-order valence-electron chi connectivity index (χ1n) is 10.2. The van der Waals surface area contributed by atoms with Gasteiger partial charge in [-0.05, 0) is 55.9 Å². The van der Waals surface area contributed by atoms with E-state index in [1.807, 2.05) is 0 Å². The molecular formula is C22H33NO4. The molecule has 1 aromatic carbocycles. The van der Waals surface area contributed by atoms with E-state index in [1.54, 1.807) is 31.4 Å². The summed E-state index contributed by atoms with van der Waals surface area (Å²) in [4.78, 5) is 24.0. The Morgan fingerprint density at radius 2 is 1.74 bits per heavy atom. The number of benzene rings is 1. The first-order chi connectivity index (χ1) is 13.1. The number of rotatable bonds is 11. The first-order valence-corrected chi connectivity index (χ1v) is 10.2. The number of nitrogens with one attached hydrogen (secondary N) is 1. The molecule has 0 spiro atoms. The molecule has 150 valence electrons. The van der Waals surface area contributed by atoms with Crippen molar-refractivity contribution in [2.24, 2.45) is 5.92 Å². The van der Waals surface area contributed by atoms with E-state index in [0.29, 0.717) is 30.9 Å². The van der Waals surface area contributed by atoms with Crippen LogP contribution in [0.2, 0.25) is 0 Å². The number of unbranched alkanes of at least 4 members (excludes halogenated alkanes) is 2. The molecule has 1 aliphatic carbocycles. The van der Waals surface area contributed by atoms with Crippen LogP contribution in [0.4, 0.5) is 0 Å². The zero-order valence-corrected chi connectivity index (χ0v) is 16.4. The normalized spacial score (nSPS) is 15.9. The van der Waals surface area contributed by atoms with Crippen molar-refractivity contribution >= 4 is 11.7 Å². The van der Waals surface area contributed by atoms with Crippen molar-refractivity contribution in [1.82, 2.24) is 5.32 Å². The summed E-state index contributed by atoms with van der Waals surface area (Å²) in [5.41, 5.74) is 0.699. The van der Waals surface area contributed by atoms with Gasteiger partial charge in [0.2, 0.25) is 5.91 Å². The van der Waals surface area contributed by atoms with Crippen molar-refractivity contribution in [3.05, 3.63) is 29.8 Å². The molecule has 0 aromatic heterocycles. The van der Waals surface area contributed by atoms with E-state index in [1.165, 1.54) is 19.3 Å². The van der Waals surface area contributed by atoms with Crippen LogP contribution < -0.4 is 10.1 Å². The van der Waals surface area contributed by atoms with E-state index >= 15 is 0 Å². The highest BCUT2D eigenvalue weighted by Crippen LogP contribution is 2.26. The van der Waals surface area contributed by atoms with Gasteiger partial charge in [0.25, 0.3) is 0 Å². The summed E-state index contributed by atoms with van der Waals surface area (Å²) in [5.74, 6) is 1.19. The smallest absolute Gasteiger partial charge is 0.220 e. The van der Waals surface area contributed by atoms with Gasteiger partial charge in [0.15, 0.2) is 5.78 Å². The summed E-state index contributed by atoms with van der Waals surface area (Å²) in [6, 6.07) is 7.15. The van der Waals surface area contributed by atoms with Gasteiger partial charge in [-0.2, -0.15) is 0 Å². The molecule has 1 aliphatic rings. The fourth-order valence-electron chi connectivity index (χ4n) is 3.66. The largest absolute Gasteiger partial charge is 0.497 e. The third kappa shape index (κ3) is 7.71. The Morgan fingerprint density at radius 1 is 1.07 bits per heavy atom. The Bertz CT molecular complexity index is 578. The predicted octanol–water partition coefficient (Wildman–Crippen LogP) is 3.89. The Balaban J connectivity index is 1.53. The number of ether oxygens (including phenoxy) is 1. The minimum absolute atomic E-state index is 0.00802. The minimum atomic E-state index is -0.420. The predicted molar refractivity (Wildman–Crippen MR) is 106 cm³/mol. The highest BCUT2D eigenvalue weighted by Gasteiger charge is 2.21. The molecule has 1 aromatic rings. The third-order valence-electron chi connectivity index (χ3n) is 5.42. The maximum absolute atomic E-state index is 12.1. The number of hydrogen-bond donors (Lipinski definition) is 2. The van der Waals surface area contributed by atoms with E-state index in [-0.39, 0.29) is 11.7 Å². The molecule has 1 amide bonds. The van der Waals surface area contributed by atoms with Gasteiger partial charge in [0.1, 0.15) is 5.75 Å². The summed E-state index contributed by atoms with van der Waals surface area (Å²) < 4.78 is 5.09. The lowest BCUT2D eigenvalue weighted by Gasteiger charge is -2.26. The van der Waals surface area contributed by atoms with Crippen LogP contribution in [0.25, 0.3) is 0 Å². The minimum Gasteiger partial charge on any atom is -0.497 e. The molecule has 27 heavy (non-hydrogen) atoms. The monoisotopic (exact) mass is 375 g/mol. The molecule has 0 aliphatic heterocycles. The van der Waals surface area contributed by atoms with Crippen molar-refractivity contribution < 1.29 is 19.4 Å². The topological polar surface area (TPSA) is 75.6 Å². The molecule has 2 N–H and O–H groups in total. The SMILES string of the molecule is COc1ccc(C(=O)CCCCCC(=O)NCC(O)C2CCCCC2)cc1. The van der Waals surface area contributed by atoms with Gasteiger partial charge in [-0.15, -0.1) is 0 Å². The standard InChI is InChI=1S/C22H33NO4/c1-27-19-14-12-18(13-15-19)20(24)10-6-3-7-11-22(26)23-16-21(25)17-8-4-2-5-9-17/h12-15,17,21,25H,2-11,16H2,1H3,(H,23,26). The molecule has 1 fully saturated rings. The lowest BCUT2D eigenvalue weighted by molar-refractivity contribution is -0.121. The lowest BCUT2D eigenvalue weighted by atomic mass is 9.85. The number of Topliss-reactive ketones (excluding diaryl/α,β-unsaturated/α-hetero) is 1. The van der Waals surface area contributed by atoms with Crippen molar-refractivity contribution in [2.45, 2.75) is 70.3 Å². The second-order valence-electron chi connectivity index (χ2n) is 7.48. The summed E-state index contributed by atoms with van der Waals surface area (Å²) in [6.45, 7) is 0.361. The second kappa shape index (κ2) is 11.8. The van der Waals surface area contributed by atoms with Crippen LogP contribution in [0, 0.1) is 5.92 Å². The number of aliphatic hydroxyl groups is 1. The van der Waals surface area contributed by atoms with E-state index < -0.39 is 6.10 Å². The van der Waals surface area contributed by atoms with Gasteiger partial charge in [0.05, 0.1) is 13.2 Å². The van der Waals surface area contributed by atoms with Crippen molar-refractivity contribution in [2.75, 3.05) is 13.7 Å². The highest BCUT2D eigenvalue weighted by molar-refractivity contribution is 5.96. The van der Waals surface area contributed by atoms with Crippen LogP contribution in [0.15, 0.2) is 24.3 Å². The number of amides is 1. The third-order valence-corrected chi connectivity index (χ3v) is 5.42. The van der Waals surface area contributed by atoms with E-state index in [9.17, 15) is 14.7 Å². The molecule has 0 heterocycles. The summed E-state index contributed by atoms with van der Waals surface area (Å²) in [6.07, 6.45) is 8.69. The molecule has 2 rings (SSSR count). The second-order valence-corrected chi connectivity index (χ2v) is 7.48. The fourth-order valence-corrected chi connectivity index (χ4v) is 3.66. The Hall–Kier alpha value is -1.88. The molecule has 0 radical (unpaired) electrons. The van der Waals surface area contributed by atoms with Gasteiger partial charge in [-0.25, -0.2) is 0 Å².